The van der Waals surface area contributed by atoms with Gasteiger partial charge in [-0.1, -0.05) is 39.7 Å². The second-order valence-corrected chi connectivity index (χ2v) is 6.08. The predicted molar refractivity (Wildman–Crippen MR) is 86.2 cm³/mol. The number of ether oxygens (including phenoxy) is 1. The van der Waals surface area contributed by atoms with Gasteiger partial charge in [0.25, 0.3) is 0 Å². The van der Waals surface area contributed by atoms with Crippen molar-refractivity contribution in [1.29, 1.82) is 0 Å². The fraction of sp³-hybridized carbons (Fsp3) is 0.647. The zero-order valence-electron chi connectivity index (χ0n) is 13.0. The lowest BCUT2D eigenvalue weighted by Crippen LogP contribution is -2.35. The number of rotatable bonds is 5. The summed E-state index contributed by atoms with van der Waals surface area (Å²) >= 11 is 0. The largest absolute Gasteiger partial charge is 0.491 e. The molecule has 3 N–H and O–H groups in total. The Morgan fingerprint density at radius 1 is 1.30 bits per heavy atom. The molecular formula is C17H28N2O. The molecular weight excluding hydrogens is 248 g/mol. The van der Waals surface area contributed by atoms with Crippen LogP contribution in [0.2, 0.25) is 0 Å². The minimum absolute atomic E-state index is 0.516. The van der Waals surface area contributed by atoms with Crippen LogP contribution >= 0.6 is 0 Å². The van der Waals surface area contributed by atoms with Crippen LogP contribution in [0.15, 0.2) is 18.2 Å². The molecule has 0 amide bonds. The molecule has 0 saturated heterocycles. The van der Waals surface area contributed by atoms with Gasteiger partial charge >= 0.3 is 0 Å². The van der Waals surface area contributed by atoms with E-state index >= 15 is 0 Å². The Bertz CT molecular complexity index is 433. The highest BCUT2D eigenvalue weighted by Crippen LogP contribution is 2.35. The second kappa shape index (κ2) is 6.87. The van der Waals surface area contributed by atoms with Gasteiger partial charge in [-0.15, -0.1) is 0 Å². The minimum atomic E-state index is 0.516. The van der Waals surface area contributed by atoms with Gasteiger partial charge < -0.3 is 15.8 Å². The van der Waals surface area contributed by atoms with Crippen LogP contribution in [0.5, 0.6) is 5.75 Å². The third-order valence-corrected chi connectivity index (χ3v) is 4.58. The maximum absolute atomic E-state index is 6.23. The third kappa shape index (κ3) is 3.38. The summed E-state index contributed by atoms with van der Waals surface area (Å²) in [5, 5.41) is 3.64. The van der Waals surface area contributed by atoms with E-state index in [0.717, 1.165) is 29.5 Å². The highest BCUT2D eigenvalue weighted by molar-refractivity contribution is 5.73. The number of benzene rings is 1. The highest BCUT2D eigenvalue weighted by Gasteiger charge is 2.27. The lowest BCUT2D eigenvalue weighted by Gasteiger charge is -2.35. The van der Waals surface area contributed by atoms with Crippen LogP contribution in [0.4, 0.5) is 11.4 Å². The average Bonchev–Trinajstić information content (AvgIpc) is 2.44. The van der Waals surface area contributed by atoms with Gasteiger partial charge in [0.2, 0.25) is 0 Å². The van der Waals surface area contributed by atoms with Gasteiger partial charge in [0.1, 0.15) is 5.75 Å². The Labute approximate surface area is 122 Å². The number of para-hydroxylation sites is 1. The molecule has 3 atom stereocenters. The molecule has 0 aromatic heterocycles. The molecule has 2 rings (SSSR count). The van der Waals surface area contributed by atoms with Crippen LogP contribution in [0, 0.1) is 11.8 Å². The van der Waals surface area contributed by atoms with Crippen molar-refractivity contribution in [2.45, 2.75) is 52.5 Å². The Hall–Kier alpha value is -1.38. The van der Waals surface area contributed by atoms with Crippen molar-refractivity contribution in [2.24, 2.45) is 11.8 Å². The van der Waals surface area contributed by atoms with E-state index in [4.69, 9.17) is 10.5 Å². The van der Waals surface area contributed by atoms with E-state index in [9.17, 15) is 0 Å². The maximum atomic E-state index is 6.23. The zero-order chi connectivity index (χ0) is 14.5. The fourth-order valence-electron chi connectivity index (χ4n) is 2.99. The first-order valence-corrected chi connectivity index (χ1v) is 7.91. The van der Waals surface area contributed by atoms with E-state index in [-0.39, 0.29) is 0 Å². The Balaban J connectivity index is 2.08. The van der Waals surface area contributed by atoms with Crippen molar-refractivity contribution in [3.8, 4) is 5.75 Å². The number of nitrogens with two attached hydrogens (primary N) is 1. The van der Waals surface area contributed by atoms with Crippen LogP contribution in [0.3, 0.4) is 0 Å². The summed E-state index contributed by atoms with van der Waals surface area (Å²) in [6.45, 7) is 7.51. The summed E-state index contributed by atoms with van der Waals surface area (Å²) in [5.41, 5.74) is 7.99. The van der Waals surface area contributed by atoms with Crippen LogP contribution in [-0.4, -0.2) is 12.6 Å². The van der Waals surface area contributed by atoms with E-state index in [0.29, 0.717) is 18.6 Å². The van der Waals surface area contributed by atoms with Gasteiger partial charge in [0.15, 0.2) is 0 Å². The first-order valence-electron chi connectivity index (χ1n) is 7.91. The van der Waals surface area contributed by atoms with Crippen LogP contribution in [0.25, 0.3) is 0 Å². The number of hydrogen-bond acceptors (Lipinski definition) is 3. The first-order chi connectivity index (χ1) is 9.63. The number of anilines is 2. The van der Waals surface area contributed by atoms with E-state index in [1.54, 1.807) is 0 Å². The van der Waals surface area contributed by atoms with Gasteiger partial charge in [-0.25, -0.2) is 0 Å². The van der Waals surface area contributed by atoms with Crippen molar-refractivity contribution in [3.63, 3.8) is 0 Å². The number of hydrogen-bond donors (Lipinski definition) is 2. The summed E-state index contributed by atoms with van der Waals surface area (Å²) in [4.78, 5) is 0. The lowest BCUT2D eigenvalue weighted by molar-refractivity contribution is 0.253. The van der Waals surface area contributed by atoms with Crippen molar-refractivity contribution < 1.29 is 4.74 Å². The molecule has 0 aliphatic heterocycles. The Morgan fingerprint density at radius 3 is 2.85 bits per heavy atom. The second-order valence-electron chi connectivity index (χ2n) is 6.08. The summed E-state index contributed by atoms with van der Waals surface area (Å²) in [5.74, 6) is 2.26. The van der Waals surface area contributed by atoms with Crippen LogP contribution in [0.1, 0.15) is 46.5 Å². The standard InChI is InChI=1S/C17H28N2O/c1-4-11-20-16-10-6-9-15(17(16)18)19-14-8-5-7-12(2)13(14)3/h6,9-10,12-14,19H,4-5,7-8,11,18H2,1-3H3. The SMILES string of the molecule is CCCOc1cccc(NC2CCCC(C)C2C)c1N. The van der Waals surface area contributed by atoms with Crippen molar-refractivity contribution in [2.75, 3.05) is 17.7 Å². The van der Waals surface area contributed by atoms with Gasteiger partial charge in [-0.05, 0) is 36.8 Å². The monoisotopic (exact) mass is 276 g/mol. The Kier molecular flexibility index (Phi) is 5.16. The average molecular weight is 276 g/mol. The molecule has 20 heavy (non-hydrogen) atoms. The van der Waals surface area contributed by atoms with Gasteiger partial charge in [-0.3, -0.25) is 0 Å². The molecule has 112 valence electrons. The summed E-state index contributed by atoms with van der Waals surface area (Å²) in [6, 6.07) is 6.53. The molecule has 3 unspecified atom stereocenters. The molecule has 1 aliphatic carbocycles. The molecule has 1 fully saturated rings. The molecule has 1 aliphatic rings. The van der Waals surface area contributed by atoms with Gasteiger partial charge in [0, 0.05) is 6.04 Å². The molecule has 1 aromatic carbocycles. The number of nitrogens with one attached hydrogen (secondary N) is 1. The topological polar surface area (TPSA) is 47.3 Å². The molecule has 1 aromatic rings. The zero-order valence-corrected chi connectivity index (χ0v) is 13.0. The number of nitrogen functional groups attached to an aromatic ring is 1. The predicted octanol–water partition coefficient (Wildman–Crippen LogP) is 4.29. The van der Waals surface area contributed by atoms with E-state index in [1.807, 2.05) is 12.1 Å². The third-order valence-electron chi connectivity index (χ3n) is 4.58. The normalized spacial score (nSPS) is 26.2. The summed E-state index contributed by atoms with van der Waals surface area (Å²) < 4.78 is 5.70. The highest BCUT2D eigenvalue weighted by atomic mass is 16.5. The molecule has 3 nitrogen and oxygen atoms in total. The molecule has 0 radical (unpaired) electrons. The smallest absolute Gasteiger partial charge is 0.144 e. The van der Waals surface area contributed by atoms with Crippen molar-refractivity contribution in [3.05, 3.63) is 18.2 Å². The van der Waals surface area contributed by atoms with E-state index < -0.39 is 0 Å². The first kappa shape index (κ1) is 15.0. The molecule has 1 saturated carbocycles. The van der Waals surface area contributed by atoms with Crippen LogP contribution in [-0.2, 0) is 0 Å². The van der Waals surface area contributed by atoms with E-state index in [2.05, 4.69) is 32.2 Å². The molecule has 0 spiro atoms. The molecule has 3 heteroatoms. The maximum Gasteiger partial charge on any atom is 0.144 e. The molecule has 0 heterocycles. The quantitative estimate of drug-likeness (QED) is 0.788. The Morgan fingerprint density at radius 2 is 2.10 bits per heavy atom. The minimum Gasteiger partial charge on any atom is -0.491 e. The van der Waals surface area contributed by atoms with Gasteiger partial charge in [-0.2, -0.15) is 0 Å². The molecule has 0 bridgehead atoms. The van der Waals surface area contributed by atoms with Crippen molar-refractivity contribution in [1.82, 2.24) is 0 Å². The summed E-state index contributed by atoms with van der Waals surface area (Å²) in [6.07, 6.45) is 4.86. The summed E-state index contributed by atoms with van der Waals surface area (Å²) in [7, 11) is 0. The van der Waals surface area contributed by atoms with Gasteiger partial charge in [0.05, 0.1) is 18.0 Å². The lowest BCUT2D eigenvalue weighted by atomic mass is 9.78. The fourth-order valence-corrected chi connectivity index (χ4v) is 2.99. The van der Waals surface area contributed by atoms with Crippen molar-refractivity contribution >= 4 is 11.4 Å². The van der Waals surface area contributed by atoms with Crippen LogP contribution < -0.4 is 15.8 Å². The van der Waals surface area contributed by atoms with E-state index in [1.165, 1.54) is 19.3 Å².